The van der Waals surface area contributed by atoms with Crippen LogP contribution in [0.25, 0.3) is 0 Å². The summed E-state index contributed by atoms with van der Waals surface area (Å²) in [7, 11) is 0. The lowest BCUT2D eigenvalue weighted by molar-refractivity contribution is -0.0358. The first-order chi connectivity index (χ1) is 11.2. The molecule has 0 spiro atoms. The summed E-state index contributed by atoms with van der Waals surface area (Å²) in [5.74, 6) is 0.814. The van der Waals surface area contributed by atoms with E-state index in [9.17, 15) is 5.11 Å². The molecule has 0 saturated carbocycles. The third-order valence-electron chi connectivity index (χ3n) is 4.57. The summed E-state index contributed by atoms with van der Waals surface area (Å²) in [4.78, 5) is 8.73. The normalized spacial score (nSPS) is 22.7. The fourth-order valence-corrected chi connectivity index (χ4v) is 3.71. The molecule has 23 heavy (non-hydrogen) atoms. The Hall–Kier alpha value is -2.04. The Bertz CT molecular complexity index is 777. The zero-order chi connectivity index (χ0) is 16.0. The quantitative estimate of drug-likeness (QED) is 0.921. The molecule has 2 aromatic carbocycles. The molecule has 1 atom stereocenters. The minimum Gasteiger partial charge on any atom is -0.363 e. The Morgan fingerprint density at radius 1 is 1.22 bits per heavy atom. The number of rotatable bonds is 2. The first-order valence-corrected chi connectivity index (χ1v) is 8.21. The van der Waals surface area contributed by atoms with E-state index in [1.807, 2.05) is 53.4 Å². The molecule has 2 heterocycles. The summed E-state index contributed by atoms with van der Waals surface area (Å²) in [6, 6.07) is 15.4. The van der Waals surface area contributed by atoms with Gasteiger partial charge in [0, 0.05) is 29.2 Å². The van der Waals surface area contributed by atoms with Crippen molar-refractivity contribution in [3.63, 3.8) is 0 Å². The Morgan fingerprint density at radius 2 is 2.00 bits per heavy atom. The molecule has 4 rings (SSSR count). The number of nitrogens with zero attached hydrogens (tertiary/aromatic N) is 3. The third-order valence-corrected chi connectivity index (χ3v) is 4.80. The molecule has 0 amide bonds. The van der Waals surface area contributed by atoms with Gasteiger partial charge >= 0.3 is 0 Å². The summed E-state index contributed by atoms with van der Waals surface area (Å²) in [5, 5.41) is 12.4. The number of guanidine groups is 1. The molecular formula is C18H18ClN3O. The molecule has 0 aromatic heterocycles. The van der Waals surface area contributed by atoms with Gasteiger partial charge in [0.05, 0.1) is 12.2 Å². The molecule has 2 aromatic rings. The van der Waals surface area contributed by atoms with Gasteiger partial charge in [0.2, 0.25) is 5.96 Å². The minimum atomic E-state index is -1.22. The minimum absolute atomic E-state index is 0.657. The molecule has 0 fully saturated rings. The van der Waals surface area contributed by atoms with Gasteiger partial charge in [0.1, 0.15) is 0 Å². The number of hydrogen-bond acceptors (Lipinski definition) is 4. The summed E-state index contributed by atoms with van der Waals surface area (Å²) in [6.07, 6.45) is 0. The van der Waals surface area contributed by atoms with Gasteiger partial charge in [-0.05, 0) is 19.1 Å². The second-order valence-electron chi connectivity index (χ2n) is 5.78. The van der Waals surface area contributed by atoms with Gasteiger partial charge in [-0.15, -0.1) is 0 Å². The van der Waals surface area contributed by atoms with Crippen LogP contribution >= 0.6 is 11.6 Å². The number of fused-ring (bicyclic) bond motifs is 2. The molecule has 2 aliphatic heterocycles. The number of hydrogen-bond donors (Lipinski definition) is 1. The van der Waals surface area contributed by atoms with Gasteiger partial charge < -0.3 is 14.9 Å². The van der Waals surface area contributed by atoms with Crippen LogP contribution in [0.3, 0.4) is 0 Å². The first kappa shape index (κ1) is 14.5. The van der Waals surface area contributed by atoms with Crippen LogP contribution in [0.4, 0.5) is 5.69 Å². The van der Waals surface area contributed by atoms with Crippen LogP contribution < -0.4 is 4.90 Å². The number of aliphatic imine (C=N–C) groups is 1. The highest BCUT2D eigenvalue weighted by atomic mass is 35.5. The maximum Gasteiger partial charge on any atom is 0.204 e. The standard InChI is InChI=1S/C18H18ClN3O/c1-2-21-16-12-14(19)8-9-15(16)18(23,13-6-4-3-5-7-13)22-11-10-20-17(21)22/h3-9,12,23H,2,10-11H2,1H3. The Labute approximate surface area is 140 Å². The van der Waals surface area contributed by atoms with Gasteiger partial charge in [-0.2, -0.15) is 0 Å². The lowest BCUT2D eigenvalue weighted by Crippen LogP contribution is -2.58. The van der Waals surface area contributed by atoms with Crippen molar-refractivity contribution in [2.24, 2.45) is 4.99 Å². The van der Waals surface area contributed by atoms with Crippen LogP contribution in [0.15, 0.2) is 53.5 Å². The smallest absolute Gasteiger partial charge is 0.204 e. The second kappa shape index (κ2) is 5.25. The zero-order valence-electron chi connectivity index (χ0n) is 12.9. The largest absolute Gasteiger partial charge is 0.363 e. The average Bonchev–Trinajstić information content (AvgIpc) is 3.06. The third kappa shape index (κ3) is 1.98. The maximum atomic E-state index is 11.7. The molecule has 0 bridgehead atoms. The number of aliphatic hydroxyl groups is 1. The molecule has 118 valence electrons. The molecule has 0 aliphatic carbocycles. The average molecular weight is 328 g/mol. The fourth-order valence-electron chi connectivity index (χ4n) is 3.54. The van der Waals surface area contributed by atoms with Crippen LogP contribution in [-0.4, -0.2) is 35.6 Å². The van der Waals surface area contributed by atoms with E-state index in [4.69, 9.17) is 11.6 Å². The van der Waals surface area contributed by atoms with Crippen molar-refractivity contribution < 1.29 is 5.11 Å². The summed E-state index contributed by atoms with van der Waals surface area (Å²) >= 11 is 6.22. The fraction of sp³-hybridized carbons (Fsp3) is 0.278. The Kier molecular flexibility index (Phi) is 3.32. The molecule has 1 unspecified atom stereocenters. The molecule has 4 nitrogen and oxygen atoms in total. The van der Waals surface area contributed by atoms with E-state index in [0.717, 1.165) is 29.3 Å². The van der Waals surface area contributed by atoms with Crippen molar-refractivity contribution in [3.05, 3.63) is 64.7 Å². The van der Waals surface area contributed by atoms with Crippen molar-refractivity contribution in [1.29, 1.82) is 0 Å². The van der Waals surface area contributed by atoms with Crippen molar-refractivity contribution in [2.75, 3.05) is 24.5 Å². The molecule has 0 radical (unpaired) electrons. The number of anilines is 1. The van der Waals surface area contributed by atoms with Crippen LogP contribution in [-0.2, 0) is 5.72 Å². The maximum absolute atomic E-state index is 11.7. The second-order valence-corrected chi connectivity index (χ2v) is 6.21. The molecule has 2 aliphatic rings. The van der Waals surface area contributed by atoms with E-state index in [0.29, 0.717) is 18.1 Å². The SMILES string of the molecule is CCN1C2=NCCN2C(O)(c2ccccc2)c2ccc(Cl)cc21. The molecule has 1 N–H and O–H groups in total. The monoisotopic (exact) mass is 327 g/mol. The highest BCUT2D eigenvalue weighted by molar-refractivity contribution is 6.31. The highest BCUT2D eigenvalue weighted by Gasteiger charge is 2.49. The van der Waals surface area contributed by atoms with Gasteiger partial charge in [-0.1, -0.05) is 48.0 Å². The Balaban J connectivity index is 2.01. The summed E-state index contributed by atoms with van der Waals surface area (Å²) in [6.45, 7) is 4.23. The number of benzene rings is 2. The van der Waals surface area contributed by atoms with Gasteiger partial charge in [-0.3, -0.25) is 4.99 Å². The zero-order valence-corrected chi connectivity index (χ0v) is 13.7. The summed E-state index contributed by atoms with van der Waals surface area (Å²) < 4.78 is 0. The predicted octanol–water partition coefficient (Wildman–Crippen LogP) is 3.04. The molecular weight excluding hydrogens is 310 g/mol. The van der Waals surface area contributed by atoms with E-state index >= 15 is 0 Å². The van der Waals surface area contributed by atoms with E-state index < -0.39 is 5.72 Å². The van der Waals surface area contributed by atoms with Crippen LogP contribution in [0.5, 0.6) is 0 Å². The highest BCUT2D eigenvalue weighted by Crippen LogP contribution is 2.45. The van der Waals surface area contributed by atoms with Crippen molar-refractivity contribution >= 4 is 23.2 Å². The predicted molar refractivity (Wildman–Crippen MR) is 92.9 cm³/mol. The van der Waals surface area contributed by atoms with E-state index in [2.05, 4.69) is 16.8 Å². The summed E-state index contributed by atoms with van der Waals surface area (Å²) in [5.41, 5.74) is 1.38. The topological polar surface area (TPSA) is 39.1 Å². The lowest BCUT2D eigenvalue weighted by Gasteiger charge is -2.48. The molecule has 0 saturated heterocycles. The van der Waals surface area contributed by atoms with E-state index in [-0.39, 0.29) is 0 Å². The van der Waals surface area contributed by atoms with E-state index in [1.54, 1.807) is 0 Å². The van der Waals surface area contributed by atoms with Crippen LogP contribution in [0.2, 0.25) is 5.02 Å². The van der Waals surface area contributed by atoms with E-state index in [1.165, 1.54) is 0 Å². The van der Waals surface area contributed by atoms with Crippen molar-refractivity contribution in [3.8, 4) is 0 Å². The lowest BCUT2D eigenvalue weighted by atomic mass is 9.89. The van der Waals surface area contributed by atoms with Crippen molar-refractivity contribution in [2.45, 2.75) is 12.6 Å². The van der Waals surface area contributed by atoms with Crippen LogP contribution in [0, 0.1) is 0 Å². The van der Waals surface area contributed by atoms with Gasteiger partial charge in [0.25, 0.3) is 0 Å². The van der Waals surface area contributed by atoms with Gasteiger partial charge in [-0.25, -0.2) is 0 Å². The molecule has 5 heteroatoms. The number of halogens is 1. The van der Waals surface area contributed by atoms with Gasteiger partial charge in [0.15, 0.2) is 5.72 Å². The van der Waals surface area contributed by atoms with Crippen LogP contribution in [0.1, 0.15) is 18.1 Å². The first-order valence-electron chi connectivity index (χ1n) is 7.84. The Morgan fingerprint density at radius 3 is 2.74 bits per heavy atom. The van der Waals surface area contributed by atoms with Crippen molar-refractivity contribution in [1.82, 2.24) is 4.90 Å².